The summed E-state index contributed by atoms with van der Waals surface area (Å²) in [7, 11) is -3.96. The quantitative estimate of drug-likeness (QED) is 0.310. The van der Waals surface area contributed by atoms with E-state index in [0.717, 1.165) is 3.57 Å². The summed E-state index contributed by atoms with van der Waals surface area (Å²) >= 11 is 2.11. The number of rotatable bonds is 4. The van der Waals surface area contributed by atoms with Crippen molar-refractivity contribution in [3.05, 3.63) is 76.4 Å². The van der Waals surface area contributed by atoms with Crippen LogP contribution >= 0.6 is 22.6 Å². The third kappa shape index (κ3) is 3.32. The van der Waals surface area contributed by atoms with Crippen LogP contribution in [0, 0.1) is 3.57 Å². The molecule has 0 saturated carbocycles. The van der Waals surface area contributed by atoms with Crippen molar-refractivity contribution in [1.29, 1.82) is 0 Å². The highest BCUT2D eigenvalue weighted by atomic mass is 127. The number of hydrogen-bond acceptors (Lipinski definition) is 5. The minimum atomic E-state index is -3.96. The molecule has 26 heavy (non-hydrogen) atoms. The fourth-order valence-electron chi connectivity index (χ4n) is 2.47. The van der Waals surface area contributed by atoms with Gasteiger partial charge in [0.05, 0.1) is 5.56 Å². The monoisotopic (exact) mass is 477 g/mol. The molecule has 0 N–H and O–H groups in total. The Hall–Kier alpha value is -2.39. The van der Waals surface area contributed by atoms with Crippen molar-refractivity contribution in [2.45, 2.75) is 4.90 Å². The molecule has 0 aliphatic heterocycles. The van der Waals surface area contributed by atoms with Gasteiger partial charge in [-0.05, 0) is 71.1 Å². The van der Waals surface area contributed by atoms with Crippen LogP contribution in [0.5, 0.6) is 5.75 Å². The van der Waals surface area contributed by atoms with Gasteiger partial charge in [-0.25, -0.2) is 4.98 Å². The van der Waals surface area contributed by atoms with Gasteiger partial charge in [0.25, 0.3) is 0 Å². The predicted octanol–water partition coefficient (Wildman–Crippen LogP) is 4.87. The molecule has 0 fully saturated rings. The standard InChI is InChI=1S/C19H12INO4S/c20-13-9-11-14(12-10-13)26(22,23)25-17-7-3-1-5-15(17)19-21-16-6-2-4-8-18(16)24-19/h1-12H. The molecule has 0 atom stereocenters. The van der Waals surface area contributed by atoms with E-state index in [-0.39, 0.29) is 10.6 Å². The Balaban J connectivity index is 1.75. The fraction of sp³-hybridized carbons (Fsp3) is 0. The highest BCUT2D eigenvalue weighted by Gasteiger charge is 2.21. The Bertz CT molecular complexity index is 1150. The zero-order valence-corrected chi connectivity index (χ0v) is 16.3. The summed E-state index contributed by atoms with van der Waals surface area (Å²) in [6, 6.07) is 20.5. The highest BCUT2D eigenvalue weighted by Crippen LogP contribution is 2.33. The number of benzene rings is 3. The van der Waals surface area contributed by atoms with E-state index in [1.807, 2.05) is 18.2 Å². The van der Waals surface area contributed by atoms with Gasteiger partial charge in [0, 0.05) is 3.57 Å². The average Bonchev–Trinajstić information content (AvgIpc) is 3.06. The Morgan fingerprint density at radius 1 is 0.885 bits per heavy atom. The van der Waals surface area contributed by atoms with Gasteiger partial charge in [-0.15, -0.1) is 0 Å². The van der Waals surface area contributed by atoms with Gasteiger partial charge in [-0.3, -0.25) is 0 Å². The fourth-order valence-corrected chi connectivity index (χ4v) is 3.78. The van der Waals surface area contributed by atoms with Crippen molar-refractivity contribution < 1.29 is 17.0 Å². The van der Waals surface area contributed by atoms with Gasteiger partial charge in [-0.2, -0.15) is 8.42 Å². The van der Waals surface area contributed by atoms with Gasteiger partial charge in [-0.1, -0.05) is 24.3 Å². The second-order valence-corrected chi connectivity index (χ2v) is 8.27. The lowest BCUT2D eigenvalue weighted by Crippen LogP contribution is -2.10. The van der Waals surface area contributed by atoms with E-state index >= 15 is 0 Å². The van der Waals surface area contributed by atoms with Gasteiger partial charge in [0.2, 0.25) is 5.89 Å². The number of oxazole rings is 1. The van der Waals surface area contributed by atoms with Crippen molar-refractivity contribution >= 4 is 43.8 Å². The zero-order valence-electron chi connectivity index (χ0n) is 13.3. The van der Waals surface area contributed by atoms with E-state index in [9.17, 15) is 8.42 Å². The Morgan fingerprint density at radius 2 is 1.58 bits per heavy atom. The van der Waals surface area contributed by atoms with Crippen molar-refractivity contribution in [1.82, 2.24) is 4.98 Å². The molecule has 4 rings (SSSR count). The van der Waals surface area contributed by atoms with Crippen molar-refractivity contribution in [2.24, 2.45) is 0 Å². The maximum Gasteiger partial charge on any atom is 0.339 e. The summed E-state index contributed by atoms with van der Waals surface area (Å²) in [6.45, 7) is 0. The van der Waals surface area contributed by atoms with E-state index in [0.29, 0.717) is 22.6 Å². The summed E-state index contributed by atoms with van der Waals surface area (Å²) in [4.78, 5) is 4.50. The smallest absolute Gasteiger partial charge is 0.339 e. The molecular formula is C19H12INO4S. The molecule has 0 unspecified atom stereocenters. The van der Waals surface area contributed by atoms with Crippen LogP contribution < -0.4 is 4.18 Å². The topological polar surface area (TPSA) is 69.4 Å². The molecule has 3 aromatic carbocycles. The van der Waals surface area contributed by atoms with Crippen LogP contribution in [-0.2, 0) is 10.1 Å². The number of fused-ring (bicyclic) bond motifs is 1. The van der Waals surface area contributed by atoms with E-state index in [2.05, 4.69) is 27.6 Å². The van der Waals surface area contributed by atoms with Crippen LogP contribution in [0.1, 0.15) is 0 Å². The third-order valence-corrected chi connectivity index (χ3v) is 5.68. The van der Waals surface area contributed by atoms with Gasteiger partial charge < -0.3 is 8.60 Å². The van der Waals surface area contributed by atoms with E-state index in [1.54, 1.807) is 42.5 Å². The van der Waals surface area contributed by atoms with E-state index in [4.69, 9.17) is 8.60 Å². The molecule has 0 spiro atoms. The Labute approximate surface area is 163 Å². The zero-order chi connectivity index (χ0) is 18.1. The maximum atomic E-state index is 12.6. The predicted molar refractivity (Wildman–Crippen MR) is 106 cm³/mol. The molecule has 0 bridgehead atoms. The van der Waals surface area contributed by atoms with Crippen LogP contribution in [0.25, 0.3) is 22.6 Å². The summed E-state index contributed by atoms with van der Waals surface area (Å²) < 4.78 is 37.2. The van der Waals surface area contributed by atoms with Crippen molar-refractivity contribution in [3.8, 4) is 17.2 Å². The Kier molecular flexibility index (Phi) is 4.41. The molecule has 0 aliphatic carbocycles. The lowest BCUT2D eigenvalue weighted by atomic mass is 10.2. The second-order valence-electron chi connectivity index (χ2n) is 5.47. The number of halogens is 1. The number of aromatic nitrogens is 1. The van der Waals surface area contributed by atoms with Crippen LogP contribution in [0.2, 0.25) is 0 Å². The first kappa shape index (κ1) is 17.0. The molecule has 4 aromatic rings. The van der Waals surface area contributed by atoms with Crippen molar-refractivity contribution in [3.63, 3.8) is 0 Å². The molecule has 7 heteroatoms. The molecule has 1 heterocycles. The van der Waals surface area contributed by atoms with Gasteiger partial charge in [0.1, 0.15) is 10.4 Å². The van der Waals surface area contributed by atoms with Crippen LogP contribution in [0.15, 0.2) is 82.1 Å². The second kappa shape index (κ2) is 6.73. The largest absolute Gasteiger partial charge is 0.436 e. The van der Waals surface area contributed by atoms with Gasteiger partial charge >= 0.3 is 10.1 Å². The molecule has 0 radical (unpaired) electrons. The summed E-state index contributed by atoms with van der Waals surface area (Å²) in [5, 5.41) is 0. The van der Waals surface area contributed by atoms with E-state index in [1.165, 1.54) is 12.1 Å². The number of para-hydroxylation sites is 3. The Morgan fingerprint density at radius 3 is 2.35 bits per heavy atom. The minimum Gasteiger partial charge on any atom is -0.436 e. The maximum absolute atomic E-state index is 12.6. The molecule has 0 saturated heterocycles. The van der Waals surface area contributed by atoms with E-state index < -0.39 is 10.1 Å². The third-order valence-electron chi connectivity index (χ3n) is 3.71. The summed E-state index contributed by atoms with van der Waals surface area (Å²) in [6.07, 6.45) is 0. The lowest BCUT2D eigenvalue weighted by molar-refractivity contribution is 0.485. The molecule has 5 nitrogen and oxygen atoms in total. The average molecular weight is 477 g/mol. The summed E-state index contributed by atoms with van der Waals surface area (Å²) in [5.74, 6) is 0.470. The van der Waals surface area contributed by atoms with Crippen LogP contribution in [0.4, 0.5) is 0 Å². The van der Waals surface area contributed by atoms with Crippen LogP contribution in [0.3, 0.4) is 0 Å². The SMILES string of the molecule is O=S(=O)(Oc1ccccc1-c1nc2ccccc2o1)c1ccc(I)cc1. The highest BCUT2D eigenvalue weighted by molar-refractivity contribution is 14.1. The molecule has 0 aliphatic rings. The van der Waals surface area contributed by atoms with Crippen molar-refractivity contribution in [2.75, 3.05) is 0 Å². The summed E-state index contributed by atoms with van der Waals surface area (Å²) in [5.41, 5.74) is 1.79. The first-order valence-corrected chi connectivity index (χ1v) is 10.2. The molecule has 0 amide bonds. The van der Waals surface area contributed by atoms with Gasteiger partial charge in [0.15, 0.2) is 11.3 Å². The normalized spacial score (nSPS) is 11.6. The molecule has 130 valence electrons. The first-order chi connectivity index (χ1) is 12.5. The molecule has 1 aromatic heterocycles. The lowest BCUT2D eigenvalue weighted by Gasteiger charge is -2.09. The first-order valence-electron chi connectivity index (χ1n) is 7.68. The number of nitrogens with zero attached hydrogens (tertiary/aromatic N) is 1. The van der Waals surface area contributed by atoms with Crippen LogP contribution in [-0.4, -0.2) is 13.4 Å². The number of hydrogen-bond donors (Lipinski definition) is 0. The minimum absolute atomic E-state index is 0.0882. The molecular weight excluding hydrogens is 465 g/mol.